The van der Waals surface area contributed by atoms with E-state index in [-0.39, 0.29) is 6.61 Å². The van der Waals surface area contributed by atoms with Crippen molar-refractivity contribution < 1.29 is 19.3 Å². The number of hydrogen-bond acceptors (Lipinski definition) is 5. The molecule has 0 aliphatic heterocycles. The highest BCUT2D eigenvalue weighted by Gasteiger charge is 2.07. The third-order valence-corrected chi connectivity index (χ3v) is 3.11. The van der Waals surface area contributed by atoms with Crippen molar-refractivity contribution in [2.45, 2.75) is 13.0 Å². The summed E-state index contributed by atoms with van der Waals surface area (Å²) in [6.07, 6.45) is 2.53. The topological polar surface area (TPSA) is 60.8 Å². The first kappa shape index (κ1) is 15.7. The number of hydrogen-bond donors (Lipinski definition) is 1. The maximum absolute atomic E-state index is 9.33. The third kappa shape index (κ3) is 4.39. The molecule has 1 aromatic heterocycles. The van der Waals surface area contributed by atoms with E-state index in [2.05, 4.69) is 4.98 Å². The minimum absolute atomic E-state index is 0.0313. The molecule has 0 fully saturated rings. The fraction of sp³-hybridized carbons (Fsp3) is 0.438. The van der Waals surface area contributed by atoms with Crippen molar-refractivity contribution in [2.75, 3.05) is 33.5 Å². The molecule has 0 bridgehead atoms. The molecule has 0 aliphatic rings. The summed E-state index contributed by atoms with van der Waals surface area (Å²) in [4.78, 5) is 4.27. The number of ether oxygens (including phenoxy) is 3. The van der Waals surface area contributed by atoms with E-state index in [0.717, 1.165) is 22.8 Å². The molecule has 0 aliphatic carbocycles. The van der Waals surface area contributed by atoms with Gasteiger partial charge in [0, 0.05) is 37.5 Å². The zero-order valence-electron chi connectivity index (χ0n) is 12.2. The Morgan fingerprint density at radius 1 is 1.05 bits per heavy atom. The molecule has 0 saturated carbocycles. The fourth-order valence-electron chi connectivity index (χ4n) is 2.07. The number of rotatable bonds is 9. The molecule has 0 unspecified atom stereocenters. The van der Waals surface area contributed by atoms with Crippen molar-refractivity contribution in [1.29, 1.82) is 0 Å². The second-order valence-corrected chi connectivity index (χ2v) is 4.60. The number of aliphatic hydroxyl groups excluding tert-OH is 1. The van der Waals surface area contributed by atoms with E-state index in [1.54, 1.807) is 13.3 Å². The number of aliphatic hydroxyl groups is 1. The van der Waals surface area contributed by atoms with Crippen molar-refractivity contribution in [3.63, 3.8) is 0 Å². The lowest BCUT2D eigenvalue weighted by Gasteiger charge is -2.10. The average Bonchev–Trinajstić information content (AvgIpc) is 2.54. The SMILES string of the molecule is COCCCOCCOc1ncc(CO)c2ccccc12. The van der Waals surface area contributed by atoms with E-state index in [9.17, 15) is 5.11 Å². The molecular weight excluding hydrogens is 270 g/mol. The van der Waals surface area contributed by atoms with Gasteiger partial charge in [-0.05, 0) is 17.9 Å². The number of aromatic nitrogens is 1. The van der Waals surface area contributed by atoms with E-state index < -0.39 is 0 Å². The van der Waals surface area contributed by atoms with Crippen molar-refractivity contribution in [1.82, 2.24) is 4.98 Å². The minimum atomic E-state index is -0.0313. The normalized spacial score (nSPS) is 11.0. The second-order valence-electron chi connectivity index (χ2n) is 4.60. The molecule has 0 saturated heterocycles. The van der Waals surface area contributed by atoms with Crippen LogP contribution in [-0.4, -0.2) is 43.6 Å². The summed E-state index contributed by atoms with van der Waals surface area (Å²) in [5.74, 6) is 0.572. The fourth-order valence-corrected chi connectivity index (χ4v) is 2.07. The van der Waals surface area contributed by atoms with Gasteiger partial charge in [-0.3, -0.25) is 0 Å². The molecule has 0 atom stereocenters. The summed E-state index contributed by atoms with van der Waals surface area (Å²) in [6, 6.07) is 7.76. The Morgan fingerprint density at radius 2 is 1.86 bits per heavy atom. The molecule has 1 aromatic carbocycles. The van der Waals surface area contributed by atoms with Gasteiger partial charge in [0.15, 0.2) is 0 Å². The van der Waals surface area contributed by atoms with E-state index in [4.69, 9.17) is 14.2 Å². The number of pyridine rings is 1. The molecule has 21 heavy (non-hydrogen) atoms. The quantitative estimate of drug-likeness (QED) is 0.717. The van der Waals surface area contributed by atoms with Gasteiger partial charge in [0.2, 0.25) is 5.88 Å². The standard InChI is InChI=1S/C16H21NO4/c1-19-7-4-8-20-9-10-21-16-15-6-3-2-5-14(15)13(12-18)11-17-16/h2-3,5-6,11,18H,4,7-10,12H2,1H3. The first-order valence-electron chi connectivity index (χ1n) is 7.03. The Hall–Kier alpha value is -1.69. The van der Waals surface area contributed by atoms with Crippen LogP contribution in [0.3, 0.4) is 0 Å². The van der Waals surface area contributed by atoms with Gasteiger partial charge in [-0.1, -0.05) is 18.2 Å². The summed E-state index contributed by atoms with van der Waals surface area (Å²) < 4.78 is 16.1. The van der Waals surface area contributed by atoms with Crippen LogP contribution in [0.15, 0.2) is 30.5 Å². The number of benzene rings is 1. The molecule has 5 nitrogen and oxygen atoms in total. The van der Waals surface area contributed by atoms with E-state index >= 15 is 0 Å². The van der Waals surface area contributed by atoms with Crippen LogP contribution in [-0.2, 0) is 16.1 Å². The number of methoxy groups -OCH3 is 1. The van der Waals surface area contributed by atoms with Crippen molar-refractivity contribution >= 4 is 10.8 Å². The summed E-state index contributed by atoms with van der Waals surface area (Å²) in [6.45, 7) is 2.30. The minimum Gasteiger partial charge on any atom is -0.475 e. The Bertz CT molecular complexity index is 559. The lowest BCUT2D eigenvalue weighted by molar-refractivity contribution is 0.0799. The zero-order chi connectivity index (χ0) is 14.9. The molecule has 0 radical (unpaired) electrons. The Labute approximate surface area is 124 Å². The molecule has 1 heterocycles. The van der Waals surface area contributed by atoms with Crippen LogP contribution in [0.5, 0.6) is 5.88 Å². The van der Waals surface area contributed by atoms with Gasteiger partial charge in [-0.2, -0.15) is 0 Å². The monoisotopic (exact) mass is 291 g/mol. The Balaban J connectivity index is 1.90. The van der Waals surface area contributed by atoms with Crippen LogP contribution in [0, 0.1) is 0 Å². The van der Waals surface area contributed by atoms with Crippen LogP contribution >= 0.6 is 0 Å². The molecule has 1 N–H and O–H groups in total. The molecule has 0 amide bonds. The maximum atomic E-state index is 9.33. The predicted octanol–water partition coefficient (Wildman–Crippen LogP) is 2.16. The Kier molecular flexibility index (Phi) is 6.40. The van der Waals surface area contributed by atoms with Gasteiger partial charge in [-0.15, -0.1) is 0 Å². The van der Waals surface area contributed by atoms with Crippen molar-refractivity contribution in [2.24, 2.45) is 0 Å². The lowest BCUT2D eigenvalue weighted by Crippen LogP contribution is -2.09. The highest BCUT2D eigenvalue weighted by atomic mass is 16.5. The highest BCUT2D eigenvalue weighted by Crippen LogP contribution is 2.25. The van der Waals surface area contributed by atoms with E-state index in [0.29, 0.717) is 32.3 Å². The van der Waals surface area contributed by atoms with Crippen LogP contribution < -0.4 is 4.74 Å². The lowest BCUT2D eigenvalue weighted by atomic mass is 10.1. The molecule has 5 heteroatoms. The van der Waals surface area contributed by atoms with Crippen LogP contribution in [0.25, 0.3) is 10.8 Å². The molecular formula is C16H21NO4. The smallest absolute Gasteiger partial charge is 0.221 e. The molecule has 2 rings (SSSR count). The summed E-state index contributed by atoms with van der Waals surface area (Å²) >= 11 is 0. The zero-order valence-corrected chi connectivity index (χ0v) is 12.2. The van der Waals surface area contributed by atoms with E-state index in [1.165, 1.54) is 0 Å². The number of fused-ring (bicyclic) bond motifs is 1. The van der Waals surface area contributed by atoms with Gasteiger partial charge < -0.3 is 19.3 Å². The largest absolute Gasteiger partial charge is 0.475 e. The van der Waals surface area contributed by atoms with Crippen LogP contribution in [0.1, 0.15) is 12.0 Å². The van der Waals surface area contributed by atoms with Gasteiger partial charge in [0.1, 0.15) is 6.61 Å². The van der Waals surface area contributed by atoms with Crippen molar-refractivity contribution in [3.8, 4) is 5.88 Å². The van der Waals surface area contributed by atoms with Gasteiger partial charge in [0.25, 0.3) is 0 Å². The Morgan fingerprint density at radius 3 is 2.62 bits per heavy atom. The summed E-state index contributed by atoms with van der Waals surface area (Å²) in [7, 11) is 1.68. The predicted molar refractivity (Wildman–Crippen MR) is 80.5 cm³/mol. The molecule has 0 spiro atoms. The second kappa shape index (κ2) is 8.56. The van der Waals surface area contributed by atoms with Gasteiger partial charge in [-0.25, -0.2) is 4.98 Å². The average molecular weight is 291 g/mol. The molecule has 114 valence electrons. The first-order valence-corrected chi connectivity index (χ1v) is 7.03. The van der Waals surface area contributed by atoms with Crippen LogP contribution in [0.4, 0.5) is 0 Å². The maximum Gasteiger partial charge on any atom is 0.221 e. The third-order valence-electron chi connectivity index (χ3n) is 3.11. The first-order chi connectivity index (χ1) is 10.4. The highest BCUT2D eigenvalue weighted by molar-refractivity contribution is 5.89. The van der Waals surface area contributed by atoms with Crippen LogP contribution in [0.2, 0.25) is 0 Å². The van der Waals surface area contributed by atoms with Crippen molar-refractivity contribution in [3.05, 3.63) is 36.0 Å². The van der Waals surface area contributed by atoms with Gasteiger partial charge in [0.05, 0.1) is 13.2 Å². The molecule has 2 aromatic rings. The van der Waals surface area contributed by atoms with Gasteiger partial charge >= 0.3 is 0 Å². The van der Waals surface area contributed by atoms with E-state index in [1.807, 2.05) is 24.3 Å². The number of nitrogens with zero attached hydrogens (tertiary/aromatic N) is 1. The summed E-state index contributed by atoms with van der Waals surface area (Å²) in [5.41, 5.74) is 0.800. The summed E-state index contributed by atoms with van der Waals surface area (Å²) in [5, 5.41) is 11.2.